The Morgan fingerprint density at radius 2 is 2.05 bits per heavy atom. The number of aromatic nitrogens is 1. The summed E-state index contributed by atoms with van der Waals surface area (Å²) in [6.07, 6.45) is 2.62. The minimum atomic E-state index is -0.403. The van der Waals surface area contributed by atoms with E-state index in [2.05, 4.69) is 27.8 Å². The van der Waals surface area contributed by atoms with Crippen molar-refractivity contribution >= 4 is 33.7 Å². The van der Waals surface area contributed by atoms with Gasteiger partial charge in [-0.05, 0) is 46.5 Å². The number of aryl methyl sites for hydroxylation is 1. The van der Waals surface area contributed by atoms with Gasteiger partial charge in [-0.3, -0.25) is 4.79 Å². The molecule has 0 saturated heterocycles. The van der Waals surface area contributed by atoms with Gasteiger partial charge in [0, 0.05) is 10.7 Å². The minimum Gasteiger partial charge on any atom is -0.465 e. The summed E-state index contributed by atoms with van der Waals surface area (Å²) in [5, 5.41) is 0.465. The van der Waals surface area contributed by atoms with Gasteiger partial charge in [-0.25, -0.2) is 4.98 Å². The first-order valence-electron chi connectivity index (χ1n) is 7.18. The van der Waals surface area contributed by atoms with Crippen LogP contribution < -0.4 is 0 Å². The van der Waals surface area contributed by atoms with Crippen LogP contribution >= 0.6 is 27.7 Å². The van der Waals surface area contributed by atoms with Crippen molar-refractivity contribution in [1.29, 1.82) is 0 Å². The van der Waals surface area contributed by atoms with Gasteiger partial charge < -0.3 is 4.74 Å². The van der Waals surface area contributed by atoms with E-state index in [1.807, 2.05) is 43.3 Å². The molecule has 3 nitrogen and oxygen atoms in total. The van der Waals surface area contributed by atoms with Crippen LogP contribution in [0.3, 0.4) is 0 Å². The van der Waals surface area contributed by atoms with Crippen molar-refractivity contribution in [2.24, 2.45) is 0 Å². The highest BCUT2D eigenvalue weighted by molar-refractivity contribution is 9.10. The van der Waals surface area contributed by atoms with E-state index in [9.17, 15) is 4.79 Å². The molecule has 0 spiro atoms. The molecule has 2 rings (SSSR count). The largest absolute Gasteiger partial charge is 0.465 e. The summed E-state index contributed by atoms with van der Waals surface area (Å²) in [5.74, 6) is -0.231. The molecule has 0 aliphatic heterocycles. The van der Waals surface area contributed by atoms with Gasteiger partial charge in [0.05, 0.1) is 6.61 Å². The number of hydrogen-bond acceptors (Lipinski definition) is 4. The lowest BCUT2D eigenvalue weighted by Crippen LogP contribution is -2.13. The van der Waals surface area contributed by atoms with Crippen LogP contribution in [0, 0.1) is 0 Å². The third-order valence-corrected chi connectivity index (χ3v) is 4.83. The van der Waals surface area contributed by atoms with Gasteiger partial charge in [-0.1, -0.05) is 49.0 Å². The normalized spacial score (nSPS) is 12.0. The fourth-order valence-electron chi connectivity index (χ4n) is 2.04. The van der Waals surface area contributed by atoms with Crippen molar-refractivity contribution in [3.8, 4) is 0 Å². The number of ether oxygens (including phenoxy) is 1. The molecule has 116 valence electrons. The Morgan fingerprint density at radius 1 is 1.32 bits per heavy atom. The molecule has 0 amide bonds. The van der Waals surface area contributed by atoms with Crippen molar-refractivity contribution in [3.63, 3.8) is 0 Å². The first kappa shape index (κ1) is 17.0. The highest BCUT2D eigenvalue weighted by Crippen LogP contribution is 2.37. The maximum absolute atomic E-state index is 12.3. The van der Waals surface area contributed by atoms with Crippen molar-refractivity contribution in [1.82, 2.24) is 4.98 Å². The Balaban J connectivity index is 2.33. The second-order valence-electron chi connectivity index (χ2n) is 4.63. The molecule has 0 N–H and O–H groups in total. The molecular formula is C17H18BrNO2S. The topological polar surface area (TPSA) is 39.2 Å². The Hall–Kier alpha value is -1.33. The predicted molar refractivity (Wildman–Crippen MR) is 93.0 cm³/mol. The van der Waals surface area contributed by atoms with E-state index in [4.69, 9.17) is 4.74 Å². The lowest BCUT2D eigenvalue weighted by molar-refractivity contribution is -0.142. The Labute approximate surface area is 143 Å². The monoisotopic (exact) mass is 379 g/mol. The van der Waals surface area contributed by atoms with E-state index in [-0.39, 0.29) is 5.97 Å². The van der Waals surface area contributed by atoms with Crippen LogP contribution in [0.5, 0.6) is 0 Å². The molecule has 0 aliphatic rings. The number of thioether (sulfide) groups is 1. The van der Waals surface area contributed by atoms with Crippen molar-refractivity contribution < 1.29 is 9.53 Å². The van der Waals surface area contributed by atoms with Gasteiger partial charge in [0.25, 0.3) is 0 Å². The maximum atomic E-state index is 12.3. The van der Waals surface area contributed by atoms with Crippen molar-refractivity contribution in [3.05, 3.63) is 58.2 Å². The molecule has 1 atom stereocenters. The minimum absolute atomic E-state index is 0.231. The summed E-state index contributed by atoms with van der Waals surface area (Å²) < 4.78 is 6.18. The molecule has 1 heterocycles. The van der Waals surface area contributed by atoms with Crippen LogP contribution in [-0.4, -0.2) is 17.6 Å². The fraction of sp³-hybridized carbons (Fsp3) is 0.294. The molecule has 5 heteroatoms. The first-order chi connectivity index (χ1) is 10.7. The number of carbonyl (C=O) groups is 1. The smallest absolute Gasteiger partial charge is 0.324 e. The molecule has 0 aliphatic carbocycles. The van der Waals surface area contributed by atoms with Gasteiger partial charge in [0.15, 0.2) is 0 Å². The molecule has 1 aromatic heterocycles. The van der Waals surface area contributed by atoms with Gasteiger partial charge in [0.2, 0.25) is 0 Å². The van der Waals surface area contributed by atoms with Gasteiger partial charge in [-0.2, -0.15) is 0 Å². The summed E-state index contributed by atoms with van der Waals surface area (Å²) in [5.41, 5.74) is 2.04. The second-order valence-corrected chi connectivity index (χ2v) is 6.64. The predicted octanol–water partition coefficient (Wildman–Crippen LogP) is 4.80. The first-order valence-corrected chi connectivity index (χ1v) is 8.85. The highest BCUT2D eigenvalue weighted by Gasteiger charge is 2.24. The van der Waals surface area contributed by atoms with Crippen molar-refractivity contribution in [2.75, 3.05) is 6.61 Å². The van der Waals surface area contributed by atoms with Crippen LogP contribution in [-0.2, 0) is 16.0 Å². The van der Waals surface area contributed by atoms with E-state index in [1.54, 1.807) is 6.20 Å². The Bertz CT molecular complexity index is 634. The van der Waals surface area contributed by atoms with E-state index >= 15 is 0 Å². The highest BCUT2D eigenvalue weighted by atomic mass is 79.9. The number of pyridine rings is 1. The van der Waals surface area contributed by atoms with Gasteiger partial charge >= 0.3 is 5.97 Å². The molecule has 22 heavy (non-hydrogen) atoms. The quantitative estimate of drug-likeness (QED) is 0.533. The third-order valence-electron chi connectivity index (χ3n) is 3.11. The van der Waals surface area contributed by atoms with Crippen LogP contribution in [0.4, 0.5) is 0 Å². The summed E-state index contributed by atoms with van der Waals surface area (Å²) >= 11 is 4.88. The Morgan fingerprint density at radius 3 is 2.68 bits per heavy atom. The van der Waals surface area contributed by atoms with Crippen molar-refractivity contribution in [2.45, 2.75) is 30.5 Å². The zero-order chi connectivity index (χ0) is 15.9. The number of nitrogens with zero attached hydrogens (tertiary/aromatic N) is 1. The maximum Gasteiger partial charge on any atom is 0.324 e. The van der Waals surface area contributed by atoms with E-state index in [0.29, 0.717) is 6.61 Å². The lowest BCUT2D eigenvalue weighted by Gasteiger charge is -2.16. The number of halogens is 1. The van der Waals surface area contributed by atoms with E-state index < -0.39 is 5.25 Å². The van der Waals surface area contributed by atoms with E-state index in [0.717, 1.165) is 27.0 Å². The third kappa shape index (κ3) is 4.34. The molecule has 0 bridgehead atoms. The molecule has 1 unspecified atom stereocenters. The Kier molecular flexibility index (Phi) is 6.46. The van der Waals surface area contributed by atoms with Crippen LogP contribution in [0.1, 0.15) is 30.2 Å². The fourth-order valence-corrected chi connectivity index (χ4v) is 3.57. The number of hydrogen-bond donors (Lipinski definition) is 0. The number of carbonyl (C=O) groups excluding carboxylic acids is 1. The summed E-state index contributed by atoms with van der Waals surface area (Å²) in [4.78, 5) is 16.8. The second kappa shape index (κ2) is 8.34. The number of esters is 1. The zero-order valence-corrected chi connectivity index (χ0v) is 15.0. The summed E-state index contributed by atoms with van der Waals surface area (Å²) in [7, 11) is 0. The molecule has 0 fully saturated rings. The van der Waals surface area contributed by atoms with E-state index in [1.165, 1.54) is 11.8 Å². The van der Waals surface area contributed by atoms with Gasteiger partial charge in [-0.15, -0.1) is 0 Å². The number of benzene rings is 1. The standard InChI is InChI=1S/C17H18BrNO2S/c1-3-12-10-14(18)11-19-16(12)22-15(17(20)21-4-2)13-8-6-5-7-9-13/h5-11,15H,3-4H2,1-2H3. The van der Waals surface area contributed by atoms with Crippen LogP contribution in [0.15, 0.2) is 52.1 Å². The molecule has 0 saturated carbocycles. The summed E-state index contributed by atoms with van der Waals surface area (Å²) in [6, 6.07) is 11.7. The van der Waals surface area contributed by atoms with Crippen LogP contribution in [0.2, 0.25) is 0 Å². The SMILES string of the molecule is CCOC(=O)C(Sc1ncc(Br)cc1CC)c1ccccc1. The molecule has 1 aromatic carbocycles. The average molecular weight is 380 g/mol. The van der Waals surface area contributed by atoms with Gasteiger partial charge in [0.1, 0.15) is 10.3 Å². The number of rotatable bonds is 6. The summed E-state index contributed by atoms with van der Waals surface area (Å²) in [6.45, 7) is 4.27. The molecular weight excluding hydrogens is 362 g/mol. The van der Waals surface area contributed by atoms with Crippen LogP contribution in [0.25, 0.3) is 0 Å². The average Bonchev–Trinajstić information content (AvgIpc) is 2.54. The zero-order valence-electron chi connectivity index (χ0n) is 12.6. The lowest BCUT2D eigenvalue weighted by atomic mass is 10.1. The molecule has 2 aromatic rings. The molecule has 0 radical (unpaired) electrons.